The molecule has 33 heavy (non-hydrogen) atoms. The van der Waals surface area contributed by atoms with Crippen LogP contribution in [0, 0.1) is 0 Å². The monoisotopic (exact) mass is 499 g/mol. The zero-order valence-corrected chi connectivity index (χ0v) is 18.5. The number of hydrogen-bond acceptors (Lipinski definition) is 6. The highest BCUT2D eigenvalue weighted by molar-refractivity contribution is 7.92. The van der Waals surface area contributed by atoms with Gasteiger partial charge in [0.25, 0.3) is 0 Å². The minimum atomic E-state index is -4.77. The van der Waals surface area contributed by atoms with Gasteiger partial charge in [0, 0.05) is 23.7 Å². The first kappa shape index (κ1) is 23.2. The van der Waals surface area contributed by atoms with Gasteiger partial charge in [-0.1, -0.05) is 28.9 Å². The van der Waals surface area contributed by atoms with Gasteiger partial charge < -0.3 is 9.42 Å². The zero-order valence-electron chi connectivity index (χ0n) is 16.9. The van der Waals surface area contributed by atoms with E-state index in [-0.39, 0.29) is 41.6 Å². The number of likely N-dealkylation sites (tertiary alicyclic amines) is 1. The van der Waals surface area contributed by atoms with Crippen molar-refractivity contribution in [1.82, 2.24) is 15.0 Å². The van der Waals surface area contributed by atoms with Gasteiger partial charge in [-0.15, -0.1) is 0 Å². The molecule has 7 nitrogen and oxygen atoms in total. The lowest BCUT2D eigenvalue weighted by atomic mass is 10.1. The molecule has 0 radical (unpaired) electrons. The van der Waals surface area contributed by atoms with E-state index in [0.29, 0.717) is 11.6 Å². The Morgan fingerprint density at radius 2 is 1.79 bits per heavy atom. The van der Waals surface area contributed by atoms with Crippen molar-refractivity contribution in [3.8, 4) is 11.4 Å². The molecule has 2 aromatic carbocycles. The predicted octanol–water partition coefficient (Wildman–Crippen LogP) is 4.03. The fourth-order valence-electron chi connectivity index (χ4n) is 3.54. The van der Waals surface area contributed by atoms with Gasteiger partial charge in [-0.3, -0.25) is 4.79 Å². The standard InChI is InChI=1S/C21H17ClF3N3O4S/c22-15-5-1-13(2-6-15)11-18(29)28-10-9-17(12-28)33(30,31)16-7-3-14(4-8-16)19-26-20(32-27-19)21(23,24)25/h1-8,17H,9-12H2/t17-/m1/s1. The molecule has 1 amide bonds. The van der Waals surface area contributed by atoms with Crippen LogP contribution in [-0.2, 0) is 27.2 Å². The lowest BCUT2D eigenvalue weighted by molar-refractivity contribution is -0.159. The predicted molar refractivity (Wildman–Crippen MR) is 112 cm³/mol. The van der Waals surface area contributed by atoms with E-state index in [1.807, 2.05) is 0 Å². The molecule has 0 saturated carbocycles. The van der Waals surface area contributed by atoms with Crippen LogP contribution in [0.3, 0.4) is 0 Å². The zero-order chi connectivity index (χ0) is 23.8. The van der Waals surface area contributed by atoms with E-state index in [4.69, 9.17) is 11.6 Å². The maximum absolute atomic E-state index is 13.0. The number of hydrogen-bond donors (Lipinski definition) is 0. The molecule has 174 valence electrons. The number of rotatable bonds is 5. The summed E-state index contributed by atoms with van der Waals surface area (Å²) < 4.78 is 68.1. The molecule has 4 rings (SSSR count). The van der Waals surface area contributed by atoms with Gasteiger partial charge in [-0.2, -0.15) is 18.2 Å². The molecule has 1 aromatic heterocycles. The molecule has 0 bridgehead atoms. The molecule has 12 heteroatoms. The highest BCUT2D eigenvalue weighted by atomic mass is 35.5. The minimum Gasteiger partial charge on any atom is -0.341 e. The summed E-state index contributed by atoms with van der Waals surface area (Å²) in [6.45, 7) is 0.383. The number of benzene rings is 2. The summed E-state index contributed by atoms with van der Waals surface area (Å²) in [4.78, 5) is 17.4. The second-order valence-electron chi connectivity index (χ2n) is 7.54. The largest absolute Gasteiger partial charge is 0.471 e. The van der Waals surface area contributed by atoms with Crippen LogP contribution in [0.2, 0.25) is 5.02 Å². The Kier molecular flexibility index (Phi) is 6.19. The van der Waals surface area contributed by atoms with Gasteiger partial charge in [-0.05, 0) is 48.4 Å². The summed E-state index contributed by atoms with van der Waals surface area (Å²) in [5, 5.41) is 3.07. The van der Waals surface area contributed by atoms with Crippen LogP contribution in [-0.4, -0.2) is 47.7 Å². The molecule has 1 aliphatic rings. The Balaban J connectivity index is 1.43. The first-order valence-electron chi connectivity index (χ1n) is 9.81. The molecular formula is C21H17ClF3N3O4S. The Morgan fingerprint density at radius 3 is 2.39 bits per heavy atom. The quantitative estimate of drug-likeness (QED) is 0.526. The van der Waals surface area contributed by atoms with E-state index in [1.165, 1.54) is 29.2 Å². The molecule has 1 atom stereocenters. The molecule has 3 aromatic rings. The Bertz CT molecular complexity index is 1260. The minimum absolute atomic E-state index is 0.00258. The number of aromatic nitrogens is 2. The third-order valence-electron chi connectivity index (χ3n) is 5.31. The first-order valence-corrected chi connectivity index (χ1v) is 11.7. The summed E-state index contributed by atoms with van der Waals surface area (Å²) >= 11 is 5.85. The SMILES string of the molecule is O=C(Cc1ccc(Cl)cc1)N1CC[C@@H](S(=O)(=O)c2ccc(-c3noc(C(F)(F)F)n3)cc2)C1. The highest BCUT2D eigenvalue weighted by Crippen LogP contribution is 2.30. The van der Waals surface area contributed by atoms with Crippen LogP contribution in [0.1, 0.15) is 17.9 Å². The Hall–Kier alpha value is -2.92. The molecule has 0 N–H and O–H groups in total. The maximum Gasteiger partial charge on any atom is 0.471 e. The molecule has 1 aliphatic heterocycles. The van der Waals surface area contributed by atoms with Crippen LogP contribution in [0.5, 0.6) is 0 Å². The van der Waals surface area contributed by atoms with Gasteiger partial charge in [0.15, 0.2) is 9.84 Å². The molecule has 1 fully saturated rings. The van der Waals surface area contributed by atoms with E-state index >= 15 is 0 Å². The summed E-state index contributed by atoms with van der Waals surface area (Å²) in [7, 11) is -3.76. The number of carbonyl (C=O) groups excluding carboxylic acids is 1. The fraction of sp³-hybridized carbons (Fsp3) is 0.286. The van der Waals surface area contributed by atoms with E-state index in [1.54, 1.807) is 24.3 Å². The summed E-state index contributed by atoms with van der Waals surface area (Å²) in [6, 6.07) is 12.1. The second kappa shape index (κ2) is 8.79. The maximum atomic E-state index is 13.0. The molecule has 0 unspecified atom stereocenters. The molecule has 1 saturated heterocycles. The van der Waals surface area contributed by atoms with Gasteiger partial charge in [0.1, 0.15) is 0 Å². The third kappa shape index (κ3) is 5.03. The average molecular weight is 500 g/mol. The summed E-state index contributed by atoms with van der Waals surface area (Å²) in [6.07, 6.45) is -4.34. The average Bonchev–Trinajstić information content (AvgIpc) is 3.46. The molecule has 2 heterocycles. The van der Waals surface area contributed by atoms with Crippen molar-refractivity contribution in [2.45, 2.75) is 29.2 Å². The van der Waals surface area contributed by atoms with E-state index in [0.717, 1.165) is 5.56 Å². The second-order valence-corrected chi connectivity index (χ2v) is 10.2. The van der Waals surface area contributed by atoms with Crippen molar-refractivity contribution in [2.24, 2.45) is 0 Å². The first-order chi connectivity index (χ1) is 15.5. The van der Waals surface area contributed by atoms with Crippen LogP contribution < -0.4 is 0 Å². The van der Waals surface area contributed by atoms with Gasteiger partial charge in [0.05, 0.1) is 16.6 Å². The van der Waals surface area contributed by atoms with E-state index < -0.39 is 27.2 Å². The van der Waals surface area contributed by atoms with Crippen LogP contribution in [0.25, 0.3) is 11.4 Å². The van der Waals surface area contributed by atoms with Crippen molar-refractivity contribution in [3.63, 3.8) is 0 Å². The number of alkyl halides is 3. The summed E-state index contributed by atoms with van der Waals surface area (Å²) in [5.74, 6) is -1.96. The number of amides is 1. The Morgan fingerprint density at radius 1 is 1.12 bits per heavy atom. The van der Waals surface area contributed by atoms with Crippen LogP contribution in [0.15, 0.2) is 57.9 Å². The van der Waals surface area contributed by atoms with Crippen molar-refractivity contribution in [3.05, 3.63) is 65.0 Å². The van der Waals surface area contributed by atoms with Crippen molar-refractivity contribution < 1.29 is 30.9 Å². The number of sulfone groups is 1. The lowest BCUT2D eigenvalue weighted by Crippen LogP contribution is -2.32. The number of halogens is 4. The van der Waals surface area contributed by atoms with Gasteiger partial charge in [-0.25, -0.2) is 8.42 Å². The molecule has 0 aliphatic carbocycles. The van der Waals surface area contributed by atoms with Crippen molar-refractivity contribution in [2.75, 3.05) is 13.1 Å². The van der Waals surface area contributed by atoms with Gasteiger partial charge >= 0.3 is 12.1 Å². The molecular weight excluding hydrogens is 483 g/mol. The van der Waals surface area contributed by atoms with Crippen LogP contribution in [0.4, 0.5) is 13.2 Å². The molecule has 0 spiro atoms. The smallest absolute Gasteiger partial charge is 0.341 e. The van der Waals surface area contributed by atoms with Crippen LogP contribution >= 0.6 is 11.6 Å². The summed E-state index contributed by atoms with van der Waals surface area (Å²) in [5.41, 5.74) is 0.959. The fourth-order valence-corrected chi connectivity index (χ4v) is 5.36. The third-order valence-corrected chi connectivity index (χ3v) is 7.76. The van der Waals surface area contributed by atoms with Crippen molar-refractivity contribution >= 4 is 27.3 Å². The van der Waals surface area contributed by atoms with Crippen molar-refractivity contribution in [1.29, 1.82) is 0 Å². The number of nitrogens with zero attached hydrogens (tertiary/aromatic N) is 3. The number of carbonyl (C=O) groups is 1. The Labute approximate surface area is 192 Å². The normalized spacial score (nSPS) is 16.8. The van der Waals surface area contributed by atoms with E-state index in [2.05, 4.69) is 14.7 Å². The van der Waals surface area contributed by atoms with Gasteiger partial charge in [0.2, 0.25) is 11.7 Å². The highest BCUT2D eigenvalue weighted by Gasteiger charge is 2.39. The van der Waals surface area contributed by atoms with E-state index in [9.17, 15) is 26.4 Å². The lowest BCUT2D eigenvalue weighted by Gasteiger charge is -2.17. The topological polar surface area (TPSA) is 93.4 Å².